The van der Waals surface area contributed by atoms with Gasteiger partial charge in [0.15, 0.2) is 0 Å². The Labute approximate surface area is 128 Å². The minimum absolute atomic E-state index is 0.269. The van der Waals surface area contributed by atoms with E-state index >= 15 is 0 Å². The van der Waals surface area contributed by atoms with E-state index in [-0.39, 0.29) is 6.54 Å². The van der Waals surface area contributed by atoms with Crippen LogP contribution in [0, 0.1) is 0 Å². The monoisotopic (exact) mass is 323 g/mol. The van der Waals surface area contributed by atoms with Gasteiger partial charge in [-0.15, -0.1) is 11.3 Å². The van der Waals surface area contributed by atoms with Gasteiger partial charge in [-0.2, -0.15) is 17.4 Å². The molecule has 0 aromatic carbocycles. The lowest BCUT2D eigenvalue weighted by molar-refractivity contribution is 0.464. The van der Waals surface area contributed by atoms with E-state index in [9.17, 15) is 8.42 Å². The van der Waals surface area contributed by atoms with Gasteiger partial charge in [0, 0.05) is 42.5 Å². The smallest absolute Gasteiger partial charge is 0.264 e. The summed E-state index contributed by atoms with van der Waals surface area (Å²) in [7, 11) is -3.37. The molecule has 0 bridgehead atoms. The van der Waals surface area contributed by atoms with Crippen molar-refractivity contribution >= 4 is 21.5 Å². The third kappa shape index (κ3) is 3.49. The number of nitrogens with one attached hydrogen (secondary N) is 1. The van der Waals surface area contributed by atoms with Crippen molar-refractivity contribution in [3.8, 4) is 10.4 Å². The van der Waals surface area contributed by atoms with Crippen LogP contribution in [0.25, 0.3) is 10.4 Å². The van der Waals surface area contributed by atoms with Crippen LogP contribution in [0.1, 0.15) is 18.4 Å². The molecule has 0 spiro atoms. The van der Waals surface area contributed by atoms with E-state index in [4.69, 9.17) is 0 Å². The van der Waals surface area contributed by atoms with Gasteiger partial charge in [0.05, 0.1) is 0 Å². The summed E-state index contributed by atoms with van der Waals surface area (Å²) in [5, 5.41) is 2.01. The fourth-order valence-corrected chi connectivity index (χ4v) is 4.34. The molecule has 1 fully saturated rings. The highest BCUT2D eigenvalue weighted by atomic mass is 32.2. The van der Waals surface area contributed by atoms with Gasteiger partial charge < -0.3 is 0 Å². The highest BCUT2D eigenvalue weighted by Crippen LogP contribution is 2.24. The zero-order valence-corrected chi connectivity index (χ0v) is 13.2. The van der Waals surface area contributed by atoms with Crippen molar-refractivity contribution in [2.45, 2.75) is 19.4 Å². The highest BCUT2D eigenvalue weighted by Gasteiger charge is 2.24. The van der Waals surface area contributed by atoms with E-state index in [2.05, 4.69) is 9.71 Å². The molecule has 2 aromatic heterocycles. The van der Waals surface area contributed by atoms with Crippen LogP contribution in [-0.2, 0) is 16.8 Å². The lowest BCUT2D eigenvalue weighted by Gasteiger charge is -2.16. The van der Waals surface area contributed by atoms with E-state index in [0.29, 0.717) is 13.1 Å². The third-order valence-electron chi connectivity index (χ3n) is 3.46. The summed E-state index contributed by atoms with van der Waals surface area (Å²) >= 11 is 1.64. The Hall–Kier alpha value is -1.28. The van der Waals surface area contributed by atoms with E-state index in [1.54, 1.807) is 23.7 Å². The van der Waals surface area contributed by atoms with Crippen molar-refractivity contribution in [1.29, 1.82) is 0 Å². The molecular formula is C14H17N3O2S2. The lowest BCUT2D eigenvalue weighted by atomic mass is 10.2. The van der Waals surface area contributed by atoms with Crippen molar-refractivity contribution < 1.29 is 8.42 Å². The van der Waals surface area contributed by atoms with E-state index < -0.39 is 10.2 Å². The zero-order valence-electron chi connectivity index (χ0n) is 11.5. The van der Waals surface area contributed by atoms with Crippen molar-refractivity contribution in [2.24, 2.45) is 0 Å². The predicted octanol–water partition coefficient (Wildman–Crippen LogP) is 2.24. The molecule has 0 amide bonds. The van der Waals surface area contributed by atoms with Crippen molar-refractivity contribution in [2.75, 3.05) is 13.1 Å². The summed E-state index contributed by atoms with van der Waals surface area (Å²) in [4.78, 5) is 5.33. The van der Waals surface area contributed by atoms with Gasteiger partial charge >= 0.3 is 0 Å². The number of thiophene rings is 1. The van der Waals surface area contributed by atoms with Gasteiger partial charge in [-0.05, 0) is 35.9 Å². The minimum Gasteiger partial charge on any atom is -0.264 e. The largest absolute Gasteiger partial charge is 0.279 e. The Morgan fingerprint density at radius 1 is 1.29 bits per heavy atom. The molecule has 0 atom stereocenters. The molecule has 3 rings (SSSR count). The number of hydrogen-bond donors (Lipinski definition) is 1. The molecule has 2 aromatic rings. The van der Waals surface area contributed by atoms with Crippen molar-refractivity contribution in [3.05, 3.63) is 41.5 Å². The highest BCUT2D eigenvalue weighted by molar-refractivity contribution is 7.87. The first-order valence-corrected chi connectivity index (χ1v) is 9.20. The number of rotatable bonds is 5. The number of pyridine rings is 1. The second kappa shape index (κ2) is 6.23. The lowest BCUT2D eigenvalue weighted by Crippen LogP contribution is -2.38. The minimum atomic E-state index is -3.37. The molecule has 3 heterocycles. The summed E-state index contributed by atoms with van der Waals surface area (Å²) in [5.74, 6) is 0. The Kier molecular flexibility index (Phi) is 4.34. The second-order valence-corrected chi connectivity index (χ2v) is 7.69. The molecule has 0 aliphatic carbocycles. The van der Waals surface area contributed by atoms with Gasteiger partial charge in [0.25, 0.3) is 10.2 Å². The first-order chi connectivity index (χ1) is 10.1. The third-order valence-corrected chi connectivity index (χ3v) is 5.94. The summed E-state index contributed by atoms with van der Waals surface area (Å²) in [5.41, 5.74) is 1.88. The first kappa shape index (κ1) is 14.6. The van der Waals surface area contributed by atoms with Crippen LogP contribution in [0.5, 0.6) is 0 Å². The predicted molar refractivity (Wildman–Crippen MR) is 84.1 cm³/mol. The molecule has 1 aliphatic heterocycles. The Morgan fingerprint density at radius 3 is 2.81 bits per heavy atom. The summed E-state index contributed by atoms with van der Waals surface area (Å²) in [6, 6.07) is 5.99. The van der Waals surface area contributed by atoms with E-state index in [1.807, 2.05) is 23.6 Å². The Balaban J connectivity index is 1.69. The normalized spacial score (nSPS) is 16.4. The van der Waals surface area contributed by atoms with Gasteiger partial charge in [-0.1, -0.05) is 6.07 Å². The SMILES string of the molecule is O=S(=O)(NCc1cncc(-c2cccs2)c1)N1CCCC1. The fraction of sp³-hybridized carbons (Fsp3) is 0.357. The maximum absolute atomic E-state index is 12.1. The van der Waals surface area contributed by atoms with Gasteiger partial charge in [-0.3, -0.25) is 4.98 Å². The van der Waals surface area contributed by atoms with Crippen LogP contribution in [0.15, 0.2) is 36.0 Å². The molecule has 1 saturated heterocycles. The topological polar surface area (TPSA) is 62.3 Å². The summed E-state index contributed by atoms with van der Waals surface area (Å²) in [6.45, 7) is 1.50. The van der Waals surface area contributed by atoms with Crippen LogP contribution in [0.4, 0.5) is 0 Å². The number of aromatic nitrogens is 1. The van der Waals surface area contributed by atoms with Gasteiger partial charge in [-0.25, -0.2) is 0 Å². The number of hydrogen-bond acceptors (Lipinski definition) is 4. The molecule has 0 saturated carbocycles. The molecule has 1 aliphatic rings. The number of nitrogens with zero attached hydrogens (tertiary/aromatic N) is 2. The average molecular weight is 323 g/mol. The molecule has 0 unspecified atom stereocenters. The zero-order chi connectivity index (χ0) is 14.7. The maximum Gasteiger partial charge on any atom is 0.279 e. The molecule has 21 heavy (non-hydrogen) atoms. The van der Waals surface area contributed by atoms with Crippen LogP contribution < -0.4 is 4.72 Å². The second-order valence-electron chi connectivity index (χ2n) is 4.99. The standard InChI is InChI=1S/C14H17N3O2S2/c18-21(19,17-5-1-2-6-17)16-10-12-8-13(11-15-9-12)14-4-3-7-20-14/h3-4,7-9,11,16H,1-2,5-6,10H2. The Morgan fingerprint density at radius 2 is 2.10 bits per heavy atom. The fourth-order valence-electron chi connectivity index (χ4n) is 2.36. The molecular weight excluding hydrogens is 306 g/mol. The Bertz CT molecular complexity index is 693. The van der Waals surface area contributed by atoms with Gasteiger partial charge in [0.1, 0.15) is 0 Å². The maximum atomic E-state index is 12.1. The van der Waals surface area contributed by atoms with Crippen LogP contribution >= 0.6 is 11.3 Å². The molecule has 0 radical (unpaired) electrons. The average Bonchev–Trinajstić information content (AvgIpc) is 3.18. The molecule has 5 nitrogen and oxygen atoms in total. The van der Waals surface area contributed by atoms with E-state index in [0.717, 1.165) is 28.8 Å². The van der Waals surface area contributed by atoms with Crippen molar-refractivity contribution in [3.63, 3.8) is 0 Å². The van der Waals surface area contributed by atoms with Crippen molar-refractivity contribution in [1.82, 2.24) is 14.0 Å². The van der Waals surface area contributed by atoms with E-state index in [1.165, 1.54) is 4.31 Å². The first-order valence-electron chi connectivity index (χ1n) is 6.88. The summed E-state index contributed by atoms with van der Waals surface area (Å²) in [6.07, 6.45) is 5.38. The quantitative estimate of drug-likeness (QED) is 0.918. The van der Waals surface area contributed by atoms with Crippen LogP contribution in [0.3, 0.4) is 0 Å². The molecule has 7 heteroatoms. The molecule has 1 N–H and O–H groups in total. The van der Waals surface area contributed by atoms with Gasteiger partial charge in [0.2, 0.25) is 0 Å². The molecule has 112 valence electrons. The van der Waals surface area contributed by atoms with Crippen LogP contribution in [-0.4, -0.2) is 30.8 Å². The van der Waals surface area contributed by atoms with Crippen LogP contribution in [0.2, 0.25) is 0 Å². The summed E-state index contributed by atoms with van der Waals surface area (Å²) < 4.78 is 28.4.